The zero-order valence-electron chi connectivity index (χ0n) is 11.5. The minimum atomic E-state index is -3.80. The number of carboxylic acid groups (broad SMARTS) is 1. The number of sulfonamides is 1. The van der Waals surface area contributed by atoms with E-state index in [1.54, 1.807) is 12.1 Å². The summed E-state index contributed by atoms with van der Waals surface area (Å²) >= 11 is 0. The van der Waals surface area contributed by atoms with Gasteiger partial charge in [-0.1, -0.05) is 0 Å². The molecule has 2 heterocycles. The van der Waals surface area contributed by atoms with Gasteiger partial charge in [-0.3, -0.25) is 9.48 Å². The van der Waals surface area contributed by atoms with Gasteiger partial charge in [0.25, 0.3) is 0 Å². The minimum Gasteiger partial charge on any atom is -0.480 e. The van der Waals surface area contributed by atoms with Crippen molar-refractivity contribution in [2.24, 2.45) is 0 Å². The normalized spacial score (nSPS) is 11.7. The summed E-state index contributed by atoms with van der Waals surface area (Å²) in [6.45, 7) is 2.66. The van der Waals surface area contributed by atoms with Crippen molar-refractivity contribution in [2.75, 3.05) is 0 Å². The maximum absolute atomic E-state index is 12.3. The Hall–Kier alpha value is -2.13. The molecule has 0 aliphatic heterocycles. The smallest absolute Gasteiger partial charge is 0.325 e. The Bertz CT molecular complexity index is 746. The highest BCUT2D eigenvalue weighted by atomic mass is 32.2. The third-order valence-corrected chi connectivity index (χ3v) is 4.54. The van der Waals surface area contributed by atoms with Crippen LogP contribution in [0, 0.1) is 13.8 Å². The van der Waals surface area contributed by atoms with Crippen molar-refractivity contribution in [3.05, 3.63) is 35.5 Å². The summed E-state index contributed by atoms with van der Waals surface area (Å²) in [5.74, 6) is -0.611. The number of aryl methyl sites for hydroxylation is 1. The van der Waals surface area contributed by atoms with Crippen LogP contribution < -0.4 is 4.72 Å². The van der Waals surface area contributed by atoms with Crippen LogP contribution in [0.3, 0.4) is 0 Å². The van der Waals surface area contributed by atoms with E-state index < -0.39 is 16.0 Å². The average molecular weight is 313 g/mol. The van der Waals surface area contributed by atoms with Crippen LogP contribution in [0.15, 0.2) is 27.7 Å². The topological polar surface area (TPSA) is 114 Å². The standard InChI is InChI=1S/C12H15N3O5S/c1-8-12(9(2)15(14-8)7-11(16)17)21(18,19)13-6-10-4-3-5-20-10/h3-5,13H,6-7H2,1-2H3,(H,16,17). The van der Waals surface area contributed by atoms with Crippen molar-refractivity contribution in [3.63, 3.8) is 0 Å². The number of carbonyl (C=O) groups is 1. The molecule has 0 fully saturated rings. The third kappa shape index (κ3) is 3.31. The Labute approximate surface area is 121 Å². The van der Waals surface area contributed by atoms with Gasteiger partial charge in [-0.15, -0.1) is 0 Å². The zero-order chi connectivity index (χ0) is 15.6. The summed E-state index contributed by atoms with van der Waals surface area (Å²) in [6, 6.07) is 3.31. The van der Waals surface area contributed by atoms with Crippen LogP contribution >= 0.6 is 0 Å². The molecule has 0 radical (unpaired) electrons. The summed E-state index contributed by atoms with van der Waals surface area (Å²) in [6.07, 6.45) is 1.45. The van der Waals surface area contributed by atoms with Crippen molar-refractivity contribution < 1.29 is 22.7 Å². The molecule has 0 amide bonds. The molecule has 0 bridgehead atoms. The van der Waals surface area contributed by atoms with Crippen molar-refractivity contribution in [2.45, 2.75) is 31.8 Å². The fraction of sp³-hybridized carbons (Fsp3) is 0.333. The summed E-state index contributed by atoms with van der Waals surface area (Å²) in [7, 11) is -3.80. The van der Waals surface area contributed by atoms with E-state index >= 15 is 0 Å². The number of rotatable bonds is 6. The first kappa shape index (κ1) is 15.3. The molecule has 2 N–H and O–H groups in total. The Kier molecular flexibility index (Phi) is 4.14. The molecule has 0 aromatic carbocycles. The minimum absolute atomic E-state index is 0.00435. The van der Waals surface area contributed by atoms with Crippen molar-refractivity contribution in [3.8, 4) is 0 Å². The predicted molar refractivity (Wildman–Crippen MR) is 72.1 cm³/mol. The fourth-order valence-corrected chi connectivity index (χ4v) is 3.40. The van der Waals surface area contributed by atoms with E-state index in [9.17, 15) is 13.2 Å². The van der Waals surface area contributed by atoms with Crippen LogP contribution in [0.5, 0.6) is 0 Å². The Morgan fingerprint density at radius 3 is 2.76 bits per heavy atom. The molecule has 2 aromatic heterocycles. The fourth-order valence-electron chi connectivity index (χ4n) is 2.00. The second-order valence-corrected chi connectivity index (χ2v) is 6.16. The van der Waals surface area contributed by atoms with Gasteiger partial charge >= 0.3 is 5.97 Å². The Morgan fingerprint density at radius 1 is 1.48 bits per heavy atom. The largest absolute Gasteiger partial charge is 0.480 e. The van der Waals surface area contributed by atoms with Gasteiger partial charge < -0.3 is 9.52 Å². The number of aromatic nitrogens is 2. The van der Waals surface area contributed by atoms with Crippen LogP contribution in [0.2, 0.25) is 0 Å². The molecule has 9 heteroatoms. The molecular formula is C12H15N3O5S. The highest BCUT2D eigenvalue weighted by molar-refractivity contribution is 7.89. The maximum Gasteiger partial charge on any atom is 0.325 e. The summed E-state index contributed by atoms with van der Waals surface area (Å²) in [5, 5.41) is 12.7. The number of carboxylic acids is 1. The first-order valence-electron chi connectivity index (χ1n) is 6.09. The van der Waals surface area contributed by atoms with Crippen LogP contribution in [-0.2, 0) is 27.9 Å². The monoisotopic (exact) mass is 313 g/mol. The van der Waals surface area contributed by atoms with Gasteiger partial charge in [0.2, 0.25) is 10.0 Å². The van der Waals surface area contributed by atoms with E-state index in [0.717, 1.165) is 4.68 Å². The molecule has 0 spiro atoms. The van der Waals surface area contributed by atoms with Gasteiger partial charge in [0.1, 0.15) is 17.2 Å². The number of aliphatic carboxylic acids is 1. The number of nitrogens with zero attached hydrogens (tertiary/aromatic N) is 2. The average Bonchev–Trinajstić information content (AvgIpc) is 2.96. The molecule has 114 valence electrons. The van der Waals surface area contributed by atoms with Crippen LogP contribution in [0.4, 0.5) is 0 Å². The van der Waals surface area contributed by atoms with Crippen molar-refractivity contribution in [1.29, 1.82) is 0 Å². The highest BCUT2D eigenvalue weighted by Crippen LogP contribution is 2.19. The van der Waals surface area contributed by atoms with E-state index in [-0.39, 0.29) is 29.4 Å². The lowest BCUT2D eigenvalue weighted by molar-refractivity contribution is -0.137. The van der Waals surface area contributed by atoms with Crippen LogP contribution in [-0.4, -0.2) is 29.3 Å². The molecule has 0 unspecified atom stereocenters. The van der Waals surface area contributed by atoms with Crippen LogP contribution in [0.25, 0.3) is 0 Å². The van der Waals surface area contributed by atoms with Crippen LogP contribution in [0.1, 0.15) is 17.1 Å². The SMILES string of the molecule is Cc1nn(CC(=O)O)c(C)c1S(=O)(=O)NCc1ccco1. The van der Waals surface area contributed by atoms with Gasteiger partial charge in [0.15, 0.2) is 0 Å². The van der Waals surface area contributed by atoms with Crippen molar-refractivity contribution >= 4 is 16.0 Å². The van der Waals surface area contributed by atoms with E-state index in [2.05, 4.69) is 9.82 Å². The second-order valence-electron chi connectivity index (χ2n) is 4.46. The summed E-state index contributed by atoms with van der Waals surface area (Å²) in [4.78, 5) is 10.7. The van der Waals surface area contributed by atoms with Crippen molar-refractivity contribution in [1.82, 2.24) is 14.5 Å². The number of hydrogen-bond donors (Lipinski definition) is 2. The molecule has 8 nitrogen and oxygen atoms in total. The second kappa shape index (κ2) is 5.70. The lowest BCUT2D eigenvalue weighted by atomic mass is 10.4. The number of nitrogens with one attached hydrogen (secondary N) is 1. The van der Waals surface area contributed by atoms with Gasteiger partial charge in [-0.2, -0.15) is 5.10 Å². The number of hydrogen-bond acceptors (Lipinski definition) is 5. The van der Waals surface area contributed by atoms with Gasteiger partial charge in [-0.05, 0) is 26.0 Å². The molecule has 0 saturated heterocycles. The van der Waals surface area contributed by atoms with Gasteiger partial charge in [0, 0.05) is 0 Å². The van der Waals surface area contributed by atoms with E-state index in [4.69, 9.17) is 9.52 Å². The lowest BCUT2D eigenvalue weighted by Gasteiger charge is -2.06. The van der Waals surface area contributed by atoms with Gasteiger partial charge in [-0.25, -0.2) is 13.1 Å². The zero-order valence-corrected chi connectivity index (χ0v) is 12.3. The molecular weight excluding hydrogens is 298 g/mol. The first-order valence-corrected chi connectivity index (χ1v) is 7.57. The summed E-state index contributed by atoms with van der Waals surface area (Å²) in [5.41, 5.74) is 0.530. The van der Waals surface area contributed by atoms with E-state index in [0.29, 0.717) is 5.76 Å². The Morgan fingerprint density at radius 2 is 2.19 bits per heavy atom. The maximum atomic E-state index is 12.3. The molecule has 0 saturated carbocycles. The van der Waals surface area contributed by atoms with E-state index in [1.807, 2.05) is 0 Å². The van der Waals surface area contributed by atoms with Gasteiger partial charge in [0.05, 0.1) is 24.2 Å². The molecule has 2 aromatic rings. The van der Waals surface area contributed by atoms with E-state index in [1.165, 1.54) is 20.1 Å². The molecule has 2 rings (SSSR count). The predicted octanol–water partition coefficient (Wildman–Crippen LogP) is 0.656. The lowest BCUT2D eigenvalue weighted by Crippen LogP contribution is -2.24. The quantitative estimate of drug-likeness (QED) is 0.809. The Balaban J connectivity index is 2.27. The molecule has 0 atom stereocenters. The first-order chi connectivity index (χ1) is 9.81. The summed E-state index contributed by atoms with van der Waals surface area (Å²) < 4.78 is 33.2. The molecule has 0 aliphatic carbocycles. The third-order valence-electron chi connectivity index (χ3n) is 2.89. The molecule has 21 heavy (non-hydrogen) atoms. The molecule has 0 aliphatic rings. The highest BCUT2D eigenvalue weighted by Gasteiger charge is 2.25. The number of furan rings is 1.